The maximum atomic E-state index is 5.74. The first-order valence-corrected chi connectivity index (χ1v) is 6.40. The summed E-state index contributed by atoms with van der Waals surface area (Å²) in [4.78, 5) is 4.36. The highest BCUT2D eigenvalue weighted by Crippen LogP contribution is 2.20. The molecule has 0 aliphatic carbocycles. The molecule has 0 aliphatic rings. The summed E-state index contributed by atoms with van der Waals surface area (Å²) in [6, 6.07) is 6.16. The van der Waals surface area contributed by atoms with E-state index < -0.39 is 0 Å². The van der Waals surface area contributed by atoms with Gasteiger partial charge in [0, 0.05) is 11.9 Å². The summed E-state index contributed by atoms with van der Waals surface area (Å²) >= 11 is 1.58. The first kappa shape index (κ1) is 12.1. The first-order chi connectivity index (χ1) is 8.19. The van der Waals surface area contributed by atoms with E-state index in [0.29, 0.717) is 13.2 Å². The van der Waals surface area contributed by atoms with Gasteiger partial charge < -0.3 is 10.5 Å². The van der Waals surface area contributed by atoms with Crippen LogP contribution in [0.5, 0.6) is 5.75 Å². The molecule has 1 aromatic heterocycles. The van der Waals surface area contributed by atoms with Crippen LogP contribution in [0, 0.1) is 13.8 Å². The van der Waals surface area contributed by atoms with E-state index in [4.69, 9.17) is 10.5 Å². The van der Waals surface area contributed by atoms with Crippen LogP contribution < -0.4 is 10.5 Å². The number of hydrogen-bond acceptors (Lipinski definition) is 4. The highest BCUT2D eigenvalue weighted by atomic mass is 32.1. The molecule has 17 heavy (non-hydrogen) atoms. The predicted octanol–water partition coefficient (Wildman–Crippen LogP) is 2.80. The Kier molecular flexibility index (Phi) is 3.76. The smallest absolute Gasteiger partial charge is 0.131 e. The zero-order valence-corrected chi connectivity index (χ0v) is 10.9. The molecule has 2 rings (SSSR count). The second-order valence-electron chi connectivity index (χ2n) is 3.99. The molecule has 2 aromatic rings. The van der Waals surface area contributed by atoms with Crippen LogP contribution in [0.3, 0.4) is 0 Å². The second kappa shape index (κ2) is 5.29. The molecule has 0 spiro atoms. The Balaban J connectivity index is 2.02. The highest BCUT2D eigenvalue weighted by molar-refractivity contribution is 7.09. The molecule has 0 unspecified atom stereocenters. The number of rotatable bonds is 4. The fraction of sp³-hybridized carbons (Fsp3) is 0.308. The lowest BCUT2D eigenvalue weighted by Gasteiger charge is -2.08. The molecule has 0 fully saturated rings. The van der Waals surface area contributed by atoms with E-state index in [1.807, 2.05) is 11.4 Å². The zero-order chi connectivity index (χ0) is 12.3. The molecule has 4 heteroatoms. The zero-order valence-electron chi connectivity index (χ0n) is 10.1. The summed E-state index contributed by atoms with van der Waals surface area (Å²) in [5.74, 6) is 0.915. The molecule has 0 radical (unpaired) electrons. The largest absolute Gasteiger partial charge is 0.487 e. The fourth-order valence-electron chi connectivity index (χ4n) is 1.62. The number of aryl methyl sites for hydroxylation is 2. The van der Waals surface area contributed by atoms with Gasteiger partial charge in [0.05, 0.1) is 5.69 Å². The summed E-state index contributed by atoms with van der Waals surface area (Å²) in [7, 11) is 0. The monoisotopic (exact) mass is 248 g/mol. The average molecular weight is 248 g/mol. The molecule has 0 saturated heterocycles. The minimum Gasteiger partial charge on any atom is -0.487 e. The van der Waals surface area contributed by atoms with Gasteiger partial charge in [-0.1, -0.05) is 17.7 Å². The quantitative estimate of drug-likeness (QED) is 0.905. The Labute approximate surface area is 105 Å². The van der Waals surface area contributed by atoms with Crippen molar-refractivity contribution in [2.24, 2.45) is 5.73 Å². The molecule has 0 aliphatic heterocycles. The van der Waals surface area contributed by atoms with Gasteiger partial charge in [0.25, 0.3) is 0 Å². The van der Waals surface area contributed by atoms with Gasteiger partial charge in [-0.05, 0) is 25.5 Å². The number of nitrogens with zero attached hydrogens (tertiary/aromatic N) is 1. The average Bonchev–Trinajstić information content (AvgIpc) is 2.76. The van der Waals surface area contributed by atoms with E-state index in [9.17, 15) is 0 Å². The molecule has 1 aromatic carbocycles. The van der Waals surface area contributed by atoms with E-state index in [-0.39, 0.29) is 0 Å². The van der Waals surface area contributed by atoms with Crippen LogP contribution in [0.2, 0.25) is 0 Å². The molecule has 0 amide bonds. The summed E-state index contributed by atoms with van der Waals surface area (Å²) in [5.41, 5.74) is 8.85. The van der Waals surface area contributed by atoms with E-state index in [0.717, 1.165) is 22.0 Å². The SMILES string of the molecule is Cc1ccc(OCc2csc(CN)n2)c(C)c1. The molecule has 0 atom stereocenters. The van der Waals surface area contributed by atoms with Crippen LogP contribution in [-0.4, -0.2) is 4.98 Å². The minimum atomic E-state index is 0.494. The van der Waals surface area contributed by atoms with Crippen molar-refractivity contribution >= 4 is 11.3 Å². The molecule has 1 heterocycles. The molecular weight excluding hydrogens is 232 g/mol. The maximum Gasteiger partial charge on any atom is 0.131 e. The van der Waals surface area contributed by atoms with Gasteiger partial charge in [-0.15, -0.1) is 11.3 Å². The molecule has 0 saturated carbocycles. The van der Waals surface area contributed by atoms with Gasteiger partial charge in [0.15, 0.2) is 0 Å². The fourth-order valence-corrected chi connectivity index (χ4v) is 2.28. The Hall–Kier alpha value is -1.39. The first-order valence-electron chi connectivity index (χ1n) is 5.52. The van der Waals surface area contributed by atoms with E-state index in [1.165, 1.54) is 5.56 Å². The number of thiazole rings is 1. The van der Waals surface area contributed by atoms with Gasteiger partial charge in [0.2, 0.25) is 0 Å². The van der Waals surface area contributed by atoms with Crippen molar-refractivity contribution in [1.82, 2.24) is 4.98 Å². The molecule has 2 N–H and O–H groups in total. The van der Waals surface area contributed by atoms with E-state index >= 15 is 0 Å². The van der Waals surface area contributed by atoms with Crippen LogP contribution >= 0.6 is 11.3 Å². The summed E-state index contributed by atoms with van der Waals surface area (Å²) in [6.07, 6.45) is 0. The summed E-state index contributed by atoms with van der Waals surface area (Å²) in [6.45, 7) is 5.12. The Morgan fingerprint density at radius 3 is 2.82 bits per heavy atom. The minimum absolute atomic E-state index is 0.494. The van der Waals surface area contributed by atoms with Crippen molar-refractivity contribution in [1.29, 1.82) is 0 Å². The number of nitrogens with two attached hydrogens (primary N) is 1. The topological polar surface area (TPSA) is 48.1 Å². The number of aromatic nitrogens is 1. The van der Waals surface area contributed by atoms with Crippen LogP contribution in [-0.2, 0) is 13.2 Å². The van der Waals surface area contributed by atoms with Crippen LogP contribution in [0.15, 0.2) is 23.6 Å². The van der Waals surface area contributed by atoms with Crippen molar-refractivity contribution in [3.8, 4) is 5.75 Å². The van der Waals surface area contributed by atoms with Crippen molar-refractivity contribution in [2.75, 3.05) is 0 Å². The molecule has 0 bridgehead atoms. The van der Waals surface area contributed by atoms with Crippen LogP contribution in [0.1, 0.15) is 21.8 Å². The van der Waals surface area contributed by atoms with Crippen molar-refractivity contribution < 1.29 is 4.74 Å². The summed E-state index contributed by atoms with van der Waals surface area (Å²) in [5, 5.41) is 2.94. The maximum absolute atomic E-state index is 5.74. The summed E-state index contributed by atoms with van der Waals surface area (Å²) < 4.78 is 5.74. The number of ether oxygens (including phenoxy) is 1. The third kappa shape index (κ3) is 3.05. The molecule has 3 nitrogen and oxygen atoms in total. The van der Waals surface area contributed by atoms with Crippen LogP contribution in [0.25, 0.3) is 0 Å². The Morgan fingerprint density at radius 2 is 2.18 bits per heavy atom. The van der Waals surface area contributed by atoms with Gasteiger partial charge in [-0.2, -0.15) is 0 Å². The number of benzene rings is 1. The lowest BCUT2D eigenvalue weighted by Crippen LogP contribution is -1.99. The predicted molar refractivity (Wildman–Crippen MR) is 70.3 cm³/mol. The van der Waals surface area contributed by atoms with Gasteiger partial charge >= 0.3 is 0 Å². The third-order valence-corrected chi connectivity index (χ3v) is 3.40. The normalized spacial score (nSPS) is 10.5. The lowest BCUT2D eigenvalue weighted by atomic mass is 10.1. The van der Waals surface area contributed by atoms with Crippen molar-refractivity contribution in [2.45, 2.75) is 27.0 Å². The van der Waals surface area contributed by atoms with E-state index in [1.54, 1.807) is 11.3 Å². The Morgan fingerprint density at radius 1 is 1.35 bits per heavy atom. The van der Waals surface area contributed by atoms with Crippen LogP contribution in [0.4, 0.5) is 0 Å². The number of hydrogen-bond donors (Lipinski definition) is 1. The van der Waals surface area contributed by atoms with Gasteiger partial charge in [-0.25, -0.2) is 4.98 Å². The molecular formula is C13H16N2OS. The van der Waals surface area contributed by atoms with Gasteiger partial charge in [0.1, 0.15) is 17.4 Å². The van der Waals surface area contributed by atoms with E-state index in [2.05, 4.69) is 31.0 Å². The third-order valence-electron chi connectivity index (χ3n) is 2.48. The standard InChI is InChI=1S/C13H16N2OS/c1-9-3-4-12(10(2)5-9)16-7-11-8-17-13(6-14)15-11/h3-5,8H,6-7,14H2,1-2H3. The highest BCUT2D eigenvalue weighted by Gasteiger charge is 2.03. The Bertz CT molecular complexity index is 508. The lowest BCUT2D eigenvalue weighted by molar-refractivity contribution is 0.300. The second-order valence-corrected chi connectivity index (χ2v) is 4.94. The van der Waals surface area contributed by atoms with Gasteiger partial charge in [-0.3, -0.25) is 0 Å². The van der Waals surface area contributed by atoms with Crippen molar-refractivity contribution in [3.63, 3.8) is 0 Å². The molecule has 90 valence electrons. The van der Waals surface area contributed by atoms with Crippen molar-refractivity contribution in [3.05, 3.63) is 45.4 Å².